The molecule has 1 rings (SSSR count). The van der Waals surface area contributed by atoms with Gasteiger partial charge in [0.1, 0.15) is 0 Å². The summed E-state index contributed by atoms with van der Waals surface area (Å²) in [5.74, 6) is 0. The maximum Gasteiger partial charge on any atom is 0.389 e. The molecule has 0 aromatic carbocycles. The molecular weight excluding hydrogens is 219 g/mol. The van der Waals surface area contributed by atoms with Crippen LogP contribution in [0.25, 0.3) is 0 Å². The average molecular weight is 239 g/mol. The zero-order chi connectivity index (χ0) is 12.0. The fourth-order valence-electron chi connectivity index (χ4n) is 2.03. The van der Waals surface area contributed by atoms with Crippen LogP contribution in [0.2, 0.25) is 0 Å². The SMILES string of the molecule is CNC(CCC(F)(F)F)CC1CCCCO1. The molecule has 0 aromatic heterocycles. The van der Waals surface area contributed by atoms with E-state index in [-0.39, 0.29) is 18.6 Å². The highest BCUT2D eigenvalue weighted by atomic mass is 19.4. The molecule has 1 saturated heterocycles. The van der Waals surface area contributed by atoms with Gasteiger partial charge in [-0.25, -0.2) is 0 Å². The maximum absolute atomic E-state index is 12.1. The monoisotopic (exact) mass is 239 g/mol. The Bertz CT molecular complexity index is 190. The molecule has 96 valence electrons. The fourth-order valence-corrected chi connectivity index (χ4v) is 2.03. The van der Waals surface area contributed by atoms with Crippen LogP contribution in [0.3, 0.4) is 0 Å². The van der Waals surface area contributed by atoms with Crippen LogP contribution in [0, 0.1) is 0 Å². The van der Waals surface area contributed by atoms with Crippen molar-refractivity contribution in [3.05, 3.63) is 0 Å². The highest BCUT2D eigenvalue weighted by Crippen LogP contribution is 2.25. The molecule has 1 aliphatic rings. The first kappa shape index (κ1) is 13.8. The summed E-state index contributed by atoms with van der Waals surface area (Å²) in [5, 5.41) is 2.94. The second kappa shape index (κ2) is 6.45. The molecule has 2 unspecified atom stereocenters. The molecular formula is C11H20F3NO. The Balaban J connectivity index is 2.25. The number of hydrogen-bond donors (Lipinski definition) is 1. The summed E-state index contributed by atoms with van der Waals surface area (Å²) in [6.07, 6.45) is -0.631. The minimum absolute atomic E-state index is 0.0928. The lowest BCUT2D eigenvalue weighted by Crippen LogP contribution is -2.33. The fraction of sp³-hybridized carbons (Fsp3) is 1.00. The molecule has 0 amide bonds. The van der Waals surface area contributed by atoms with Crippen molar-refractivity contribution in [2.24, 2.45) is 0 Å². The number of ether oxygens (including phenoxy) is 1. The molecule has 0 aliphatic carbocycles. The van der Waals surface area contributed by atoms with Gasteiger partial charge in [-0.1, -0.05) is 0 Å². The summed E-state index contributed by atoms with van der Waals surface area (Å²) in [6.45, 7) is 0.750. The van der Waals surface area contributed by atoms with Crippen LogP contribution in [-0.4, -0.2) is 32.0 Å². The smallest absolute Gasteiger partial charge is 0.378 e. The highest BCUT2D eigenvalue weighted by molar-refractivity contribution is 4.74. The zero-order valence-electron chi connectivity index (χ0n) is 9.65. The Morgan fingerprint density at radius 1 is 1.38 bits per heavy atom. The van der Waals surface area contributed by atoms with Crippen LogP contribution in [0.15, 0.2) is 0 Å². The van der Waals surface area contributed by atoms with Gasteiger partial charge in [-0.15, -0.1) is 0 Å². The van der Waals surface area contributed by atoms with Crippen LogP contribution in [0.1, 0.15) is 38.5 Å². The molecule has 0 bridgehead atoms. The van der Waals surface area contributed by atoms with Crippen LogP contribution in [-0.2, 0) is 4.74 Å². The first-order chi connectivity index (χ1) is 7.51. The van der Waals surface area contributed by atoms with E-state index < -0.39 is 12.6 Å². The summed E-state index contributed by atoms with van der Waals surface area (Å²) in [5.41, 5.74) is 0. The highest BCUT2D eigenvalue weighted by Gasteiger charge is 2.29. The van der Waals surface area contributed by atoms with E-state index in [9.17, 15) is 13.2 Å². The van der Waals surface area contributed by atoms with Gasteiger partial charge in [0.05, 0.1) is 6.10 Å². The van der Waals surface area contributed by atoms with Crippen LogP contribution >= 0.6 is 0 Å². The van der Waals surface area contributed by atoms with Crippen LogP contribution in [0.4, 0.5) is 13.2 Å². The van der Waals surface area contributed by atoms with Crippen molar-refractivity contribution >= 4 is 0 Å². The van der Waals surface area contributed by atoms with Crippen molar-refractivity contribution in [2.75, 3.05) is 13.7 Å². The minimum Gasteiger partial charge on any atom is -0.378 e. The molecule has 1 fully saturated rings. The van der Waals surface area contributed by atoms with Crippen molar-refractivity contribution < 1.29 is 17.9 Å². The Kier molecular flexibility index (Phi) is 5.55. The molecule has 0 spiro atoms. The second-order valence-corrected chi connectivity index (χ2v) is 4.36. The van der Waals surface area contributed by atoms with E-state index in [1.54, 1.807) is 7.05 Å². The number of rotatable bonds is 5. The molecule has 1 heterocycles. The minimum atomic E-state index is -4.05. The van der Waals surface area contributed by atoms with Crippen molar-refractivity contribution in [3.63, 3.8) is 0 Å². The summed E-state index contributed by atoms with van der Waals surface area (Å²) < 4.78 is 41.7. The zero-order valence-corrected chi connectivity index (χ0v) is 9.65. The normalized spacial score (nSPS) is 24.4. The van der Waals surface area contributed by atoms with Gasteiger partial charge in [-0.05, 0) is 39.2 Å². The van der Waals surface area contributed by atoms with E-state index in [1.165, 1.54) is 0 Å². The molecule has 16 heavy (non-hydrogen) atoms. The first-order valence-electron chi connectivity index (χ1n) is 5.87. The van der Waals surface area contributed by atoms with Crippen molar-refractivity contribution in [1.82, 2.24) is 5.32 Å². The van der Waals surface area contributed by atoms with Crippen LogP contribution in [0.5, 0.6) is 0 Å². The topological polar surface area (TPSA) is 21.3 Å². The molecule has 5 heteroatoms. The van der Waals surface area contributed by atoms with Crippen LogP contribution < -0.4 is 5.32 Å². The third-order valence-corrected chi connectivity index (χ3v) is 3.01. The van der Waals surface area contributed by atoms with Gasteiger partial charge < -0.3 is 10.1 Å². The third-order valence-electron chi connectivity index (χ3n) is 3.01. The Morgan fingerprint density at radius 2 is 2.12 bits per heavy atom. The number of hydrogen-bond acceptors (Lipinski definition) is 2. The van der Waals surface area contributed by atoms with E-state index in [4.69, 9.17) is 4.74 Å². The number of halogens is 3. The lowest BCUT2D eigenvalue weighted by atomic mass is 9.99. The molecule has 1 aliphatic heterocycles. The summed E-state index contributed by atoms with van der Waals surface area (Å²) in [4.78, 5) is 0. The molecule has 1 N–H and O–H groups in total. The Morgan fingerprint density at radius 3 is 2.62 bits per heavy atom. The van der Waals surface area contributed by atoms with Crippen molar-refractivity contribution in [1.29, 1.82) is 0 Å². The van der Waals surface area contributed by atoms with Gasteiger partial charge >= 0.3 is 6.18 Å². The van der Waals surface area contributed by atoms with Gasteiger partial charge in [0.15, 0.2) is 0 Å². The Labute approximate surface area is 94.5 Å². The van der Waals surface area contributed by atoms with Gasteiger partial charge in [0.2, 0.25) is 0 Å². The molecule has 0 saturated carbocycles. The van der Waals surface area contributed by atoms with E-state index >= 15 is 0 Å². The molecule has 0 radical (unpaired) electrons. The van der Waals surface area contributed by atoms with Gasteiger partial charge in [0.25, 0.3) is 0 Å². The van der Waals surface area contributed by atoms with E-state index in [1.807, 2.05) is 0 Å². The number of nitrogens with one attached hydrogen (secondary N) is 1. The Hall–Kier alpha value is -0.290. The van der Waals surface area contributed by atoms with Crippen molar-refractivity contribution in [3.8, 4) is 0 Å². The molecule has 2 atom stereocenters. The lowest BCUT2D eigenvalue weighted by molar-refractivity contribution is -0.137. The molecule has 0 aromatic rings. The number of alkyl halides is 3. The summed E-state index contributed by atoms with van der Waals surface area (Å²) in [6, 6.07) is -0.0928. The van der Waals surface area contributed by atoms with E-state index in [0.29, 0.717) is 6.42 Å². The quantitative estimate of drug-likeness (QED) is 0.796. The summed E-state index contributed by atoms with van der Waals surface area (Å²) >= 11 is 0. The van der Waals surface area contributed by atoms with E-state index in [2.05, 4.69) is 5.32 Å². The second-order valence-electron chi connectivity index (χ2n) is 4.36. The standard InChI is InChI=1S/C11H20F3NO/c1-15-9(5-6-11(12,13)14)8-10-4-2-3-7-16-10/h9-10,15H,2-8H2,1H3. The largest absolute Gasteiger partial charge is 0.389 e. The van der Waals surface area contributed by atoms with Gasteiger partial charge in [0, 0.05) is 19.1 Å². The molecule has 2 nitrogen and oxygen atoms in total. The van der Waals surface area contributed by atoms with Crippen molar-refractivity contribution in [2.45, 2.75) is 56.8 Å². The van der Waals surface area contributed by atoms with E-state index in [0.717, 1.165) is 25.9 Å². The van der Waals surface area contributed by atoms with Gasteiger partial charge in [-0.2, -0.15) is 13.2 Å². The first-order valence-corrected chi connectivity index (χ1v) is 5.87. The maximum atomic E-state index is 12.1. The lowest BCUT2D eigenvalue weighted by Gasteiger charge is -2.27. The predicted molar refractivity (Wildman–Crippen MR) is 56.3 cm³/mol. The van der Waals surface area contributed by atoms with Gasteiger partial charge in [-0.3, -0.25) is 0 Å². The predicted octanol–water partition coefficient (Wildman–Crippen LogP) is 2.88. The average Bonchev–Trinajstić information content (AvgIpc) is 2.24. The summed E-state index contributed by atoms with van der Waals surface area (Å²) in [7, 11) is 1.71. The third kappa shape index (κ3) is 5.70.